The highest BCUT2D eigenvalue weighted by Crippen LogP contribution is 2.36. The molecule has 0 aromatic carbocycles. The number of methoxy groups -OCH3 is 1. The van der Waals surface area contributed by atoms with Crippen LogP contribution < -0.4 is 15.5 Å². The van der Waals surface area contributed by atoms with Crippen molar-refractivity contribution in [3.63, 3.8) is 0 Å². The first-order chi connectivity index (χ1) is 16.5. The number of nitrogens with one attached hydrogen (secondary N) is 2. The van der Waals surface area contributed by atoms with Gasteiger partial charge in [-0.25, -0.2) is 4.98 Å². The summed E-state index contributed by atoms with van der Waals surface area (Å²) in [5.74, 6) is 0.463. The van der Waals surface area contributed by atoms with Gasteiger partial charge in [0.25, 0.3) is 0 Å². The lowest BCUT2D eigenvalue weighted by atomic mass is 10.0. The Morgan fingerprint density at radius 2 is 2.03 bits per heavy atom. The van der Waals surface area contributed by atoms with Crippen LogP contribution in [0.2, 0.25) is 0 Å². The van der Waals surface area contributed by atoms with Crippen LogP contribution in [0.15, 0.2) is 24.5 Å². The fourth-order valence-corrected chi connectivity index (χ4v) is 4.09. The number of fused-ring (bicyclic) bond motifs is 1. The first-order valence-electron chi connectivity index (χ1n) is 10.9. The number of carbonyl (C=O) groups is 1. The maximum atomic E-state index is 12.9. The highest BCUT2D eigenvalue weighted by Gasteiger charge is 2.36. The highest BCUT2D eigenvalue weighted by molar-refractivity contribution is 6.04. The molecular weight excluding hydrogens is 465 g/mol. The Morgan fingerprint density at radius 1 is 1.29 bits per heavy atom. The first-order valence-corrected chi connectivity index (χ1v) is 10.9. The molecule has 0 aliphatic carbocycles. The maximum Gasteiger partial charge on any atom is 0.435 e. The second-order valence-electron chi connectivity index (χ2n) is 8.51. The van der Waals surface area contributed by atoms with Crippen LogP contribution in [0.25, 0.3) is 0 Å². The Labute approximate surface area is 200 Å². The number of rotatable bonds is 7. The van der Waals surface area contributed by atoms with Gasteiger partial charge in [-0.3, -0.25) is 14.2 Å². The largest absolute Gasteiger partial charge is 0.435 e. The van der Waals surface area contributed by atoms with E-state index in [-0.39, 0.29) is 18.6 Å². The van der Waals surface area contributed by atoms with E-state index in [1.54, 1.807) is 24.2 Å². The third-order valence-corrected chi connectivity index (χ3v) is 6.06. The number of amides is 1. The normalized spacial score (nSPS) is 16.7. The van der Waals surface area contributed by atoms with E-state index in [0.717, 1.165) is 17.3 Å². The van der Waals surface area contributed by atoms with Crippen molar-refractivity contribution in [2.75, 3.05) is 29.7 Å². The van der Waals surface area contributed by atoms with Gasteiger partial charge in [0.15, 0.2) is 5.69 Å². The molecule has 0 fully saturated rings. The summed E-state index contributed by atoms with van der Waals surface area (Å²) >= 11 is 0. The molecule has 13 heteroatoms. The lowest BCUT2D eigenvalue weighted by molar-refractivity contribution is -0.141. The summed E-state index contributed by atoms with van der Waals surface area (Å²) in [6.45, 7) is 4.21. The van der Waals surface area contributed by atoms with E-state index in [1.165, 1.54) is 11.7 Å². The number of carbonyl (C=O) groups excluding carboxylic acids is 1. The molecule has 0 saturated carbocycles. The lowest BCUT2D eigenvalue weighted by Crippen LogP contribution is -2.52. The first kappa shape index (κ1) is 24.5. The Morgan fingerprint density at radius 3 is 2.69 bits per heavy atom. The van der Waals surface area contributed by atoms with E-state index in [2.05, 4.69) is 25.8 Å². The fraction of sp³-hybridized carbons (Fsp3) is 0.455. The molecule has 0 saturated heterocycles. The molecular formula is C22H27F3N8O2. The van der Waals surface area contributed by atoms with Crippen molar-refractivity contribution in [2.45, 2.75) is 45.3 Å². The third kappa shape index (κ3) is 4.94. The average molecular weight is 493 g/mol. The molecule has 1 amide bonds. The van der Waals surface area contributed by atoms with Crippen molar-refractivity contribution in [1.82, 2.24) is 24.5 Å². The van der Waals surface area contributed by atoms with Gasteiger partial charge in [-0.15, -0.1) is 0 Å². The van der Waals surface area contributed by atoms with Crippen LogP contribution in [0.4, 0.5) is 30.4 Å². The van der Waals surface area contributed by atoms with Crippen molar-refractivity contribution in [3.05, 3.63) is 47.2 Å². The highest BCUT2D eigenvalue weighted by atomic mass is 19.4. The van der Waals surface area contributed by atoms with Gasteiger partial charge in [0.05, 0.1) is 41.6 Å². The molecule has 2 N–H and O–H groups in total. The number of halogens is 3. The number of hydrogen-bond donors (Lipinski definition) is 2. The SMILES string of the molecule is CO[C@H](C)C1C(=O)Nc2c(cc(NCc3cnn(Cc4cc(C(F)(F)F)nn4C)c3)nc2C)N1C. The number of alkyl halides is 3. The Bertz CT molecular complexity index is 1240. The van der Waals surface area contributed by atoms with E-state index < -0.39 is 17.9 Å². The van der Waals surface area contributed by atoms with Crippen LogP contribution in [0, 0.1) is 6.92 Å². The predicted molar refractivity (Wildman–Crippen MR) is 123 cm³/mol. The minimum Gasteiger partial charge on any atom is -0.379 e. The van der Waals surface area contributed by atoms with Crippen molar-refractivity contribution in [3.8, 4) is 0 Å². The number of aromatic nitrogens is 5. The number of likely N-dealkylation sites (N-methyl/N-ethyl adjacent to an activating group) is 1. The zero-order valence-corrected chi connectivity index (χ0v) is 20.0. The van der Waals surface area contributed by atoms with E-state index >= 15 is 0 Å². The van der Waals surface area contributed by atoms with Gasteiger partial charge in [-0.1, -0.05) is 0 Å². The van der Waals surface area contributed by atoms with Crippen LogP contribution in [0.5, 0.6) is 0 Å². The smallest absolute Gasteiger partial charge is 0.379 e. The van der Waals surface area contributed by atoms with Crippen molar-refractivity contribution in [1.29, 1.82) is 0 Å². The Kier molecular flexibility index (Phi) is 6.45. The van der Waals surface area contributed by atoms with Crippen molar-refractivity contribution < 1.29 is 22.7 Å². The minimum atomic E-state index is -4.49. The number of hydrogen-bond acceptors (Lipinski definition) is 7. The molecule has 4 rings (SSSR count). The molecule has 4 heterocycles. The van der Waals surface area contributed by atoms with E-state index in [0.29, 0.717) is 29.4 Å². The van der Waals surface area contributed by atoms with Gasteiger partial charge in [-0.05, 0) is 19.9 Å². The topological polar surface area (TPSA) is 102 Å². The lowest BCUT2D eigenvalue weighted by Gasteiger charge is -2.38. The van der Waals surface area contributed by atoms with Crippen molar-refractivity contribution >= 4 is 23.1 Å². The summed E-state index contributed by atoms with van der Waals surface area (Å²) < 4.78 is 46.8. The number of anilines is 3. The Hall–Kier alpha value is -3.61. The molecule has 3 aromatic heterocycles. The van der Waals surface area contributed by atoms with Gasteiger partial charge in [0.1, 0.15) is 11.9 Å². The Balaban J connectivity index is 1.46. The van der Waals surface area contributed by atoms with Gasteiger partial charge in [0.2, 0.25) is 5.91 Å². The van der Waals surface area contributed by atoms with Crippen LogP contribution >= 0.6 is 0 Å². The van der Waals surface area contributed by atoms with Crippen LogP contribution in [0.1, 0.15) is 29.6 Å². The summed E-state index contributed by atoms with van der Waals surface area (Å²) in [5, 5.41) is 14.0. The summed E-state index contributed by atoms with van der Waals surface area (Å²) in [4.78, 5) is 19.0. The van der Waals surface area contributed by atoms with Crippen LogP contribution in [-0.4, -0.2) is 56.8 Å². The van der Waals surface area contributed by atoms with E-state index in [9.17, 15) is 18.0 Å². The quantitative estimate of drug-likeness (QED) is 0.523. The minimum absolute atomic E-state index is 0.150. The molecule has 1 aliphatic rings. The summed E-state index contributed by atoms with van der Waals surface area (Å²) in [6, 6.07) is 2.40. The number of pyridine rings is 1. The van der Waals surface area contributed by atoms with Crippen molar-refractivity contribution in [2.24, 2.45) is 7.05 Å². The molecule has 0 radical (unpaired) electrons. The standard InChI is InChI=1S/C22H27F3N8O2/c1-12-19-16(31(3)20(13(2)35-5)21(34)29-19)7-18(28-12)26-8-14-9-27-33(10-14)11-15-6-17(22(23,24)25)30-32(15)4/h6-7,9-10,13,20H,8,11H2,1-5H3,(H,26,28)(H,29,34)/t13-,20?/m1/s1. The average Bonchev–Trinajstić information content (AvgIpc) is 3.39. The third-order valence-electron chi connectivity index (χ3n) is 6.06. The fourth-order valence-electron chi connectivity index (χ4n) is 4.09. The molecule has 2 atom stereocenters. The summed E-state index contributed by atoms with van der Waals surface area (Å²) in [6.07, 6.45) is -1.41. The van der Waals surface area contributed by atoms with Gasteiger partial charge < -0.3 is 20.3 Å². The molecule has 10 nitrogen and oxygen atoms in total. The molecule has 1 aliphatic heterocycles. The molecule has 0 spiro atoms. The summed E-state index contributed by atoms with van der Waals surface area (Å²) in [5.41, 5.74) is 2.43. The number of aryl methyl sites for hydroxylation is 2. The molecule has 188 valence electrons. The van der Waals surface area contributed by atoms with E-state index in [4.69, 9.17) is 4.74 Å². The number of nitrogens with zero attached hydrogens (tertiary/aromatic N) is 6. The monoisotopic (exact) mass is 492 g/mol. The zero-order valence-electron chi connectivity index (χ0n) is 20.0. The molecule has 0 bridgehead atoms. The maximum absolute atomic E-state index is 12.9. The predicted octanol–water partition coefficient (Wildman–Crippen LogP) is 2.79. The molecule has 35 heavy (non-hydrogen) atoms. The second kappa shape index (κ2) is 9.21. The van der Waals surface area contributed by atoms with Gasteiger partial charge in [0, 0.05) is 45.6 Å². The summed E-state index contributed by atoms with van der Waals surface area (Å²) in [7, 11) is 4.88. The van der Waals surface area contributed by atoms with Crippen LogP contribution in [0.3, 0.4) is 0 Å². The number of ether oxygens (including phenoxy) is 1. The van der Waals surface area contributed by atoms with Gasteiger partial charge in [-0.2, -0.15) is 23.4 Å². The van der Waals surface area contributed by atoms with Crippen LogP contribution in [-0.2, 0) is 35.8 Å². The second-order valence-corrected chi connectivity index (χ2v) is 8.51. The molecule has 3 aromatic rings. The zero-order chi connectivity index (χ0) is 25.5. The van der Waals surface area contributed by atoms with E-state index in [1.807, 2.05) is 31.9 Å². The molecule has 1 unspecified atom stereocenters. The van der Waals surface area contributed by atoms with Gasteiger partial charge >= 0.3 is 6.18 Å².